The molecule has 0 spiro atoms. The van der Waals surface area contributed by atoms with Crippen LogP contribution in [-0.4, -0.2) is 29.3 Å². The Bertz CT molecular complexity index is 479. The zero-order valence-electron chi connectivity index (χ0n) is 12.3. The second-order valence-electron chi connectivity index (χ2n) is 7.85. The normalized spacial score (nSPS) is 48.0. The molecular formula is C16H23ClN2O2. The van der Waals surface area contributed by atoms with Crippen molar-refractivity contribution in [2.45, 2.75) is 62.3 Å². The Kier molecular flexibility index (Phi) is 3.04. The predicted octanol–water partition coefficient (Wildman–Crippen LogP) is 1.96. The van der Waals surface area contributed by atoms with Gasteiger partial charge in [0.05, 0.1) is 5.41 Å². The molecule has 4 nitrogen and oxygen atoms in total. The van der Waals surface area contributed by atoms with Crippen LogP contribution < -0.4 is 10.6 Å². The molecule has 4 saturated carbocycles. The van der Waals surface area contributed by atoms with E-state index in [4.69, 9.17) is 11.6 Å². The first-order chi connectivity index (χ1) is 9.98. The number of rotatable bonds is 2. The highest BCUT2D eigenvalue weighted by atomic mass is 35.5. The number of amides is 2. The molecule has 0 aromatic heterocycles. The first-order valence-electron chi connectivity index (χ1n) is 8.26. The molecule has 2 N–H and O–H groups in total. The van der Waals surface area contributed by atoms with Crippen molar-refractivity contribution in [3.63, 3.8) is 0 Å². The summed E-state index contributed by atoms with van der Waals surface area (Å²) in [5.74, 6) is 1.27. The van der Waals surface area contributed by atoms with Gasteiger partial charge in [-0.1, -0.05) is 0 Å². The summed E-state index contributed by atoms with van der Waals surface area (Å²) in [6.07, 6.45) is 7.83. The third-order valence-corrected chi connectivity index (χ3v) is 6.50. The van der Waals surface area contributed by atoms with Gasteiger partial charge in [0.15, 0.2) is 0 Å². The number of alkyl halides is 1. The highest BCUT2D eigenvalue weighted by Gasteiger charge is 2.60. The van der Waals surface area contributed by atoms with Crippen molar-refractivity contribution in [2.24, 2.45) is 17.3 Å². The van der Waals surface area contributed by atoms with Gasteiger partial charge in [0.2, 0.25) is 11.8 Å². The van der Waals surface area contributed by atoms with Crippen molar-refractivity contribution < 1.29 is 9.59 Å². The Morgan fingerprint density at radius 1 is 1.24 bits per heavy atom. The molecule has 116 valence electrons. The Morgan fingerprint density at radius 3 is 2.57 bits per heavy atom. The average molecular weight is 311 g/mol. The van der Waals surface area contributed by atoms with Gasteiger partial charge in [-0.25, -0.2) is 0 Å². The molecule has 5 heteroatoms. The Labute approximate surface area is 130 Å². The van der Waals surface area contributed by atoms with Crippen LogP contribution in [0.1, 0.15) is 51.4 Å². The van der Waals surface area contributed by atoms with Crippen LogP contribution in [0.15, 0.2) is 0 Å². The van der Waals surface area contributed by atoms with E-state index in [9.17, 15) is 9.59 Å². The quantitative estimate of drug-likeness (QED) is 0.766. The van der Waals surface area contributed by atoms with E-state index in [0.717, 1.165) is 51.5 Å². The van der Waals surface area contributed by atoms with E-state index in [-0.39, 0.29) is 28.1 Å². The van der Waals surface area contributed by atoms with Gasteiger partial charge in [0.25, 0.3) is 0 Å². The molecule has 0 unspecified atom stereocenters. The second kappa shape index (κ2) is 4.61. The third-order valence-electron chi connectivity index (χ3n) is 6.06. The standard InChI is InChI=1S/C16H23ClN2O2/c17-16-7-10-4-11(8-16)6-15(5-10,9-16)14(21)19-12-2-1-3-18-13(12)20/h10-12H,1-9H2,(H,18,20)(H,19,21)/t10-,11-,12-,15?,16?/m1/s1. The van der Waals surface area contributed by atoms with Gasteiger partial charge < -0.3 is 10.6 Å². The van der Waals surface area contributed by atoms with Gasteiger partial charge in [-0.05, 0) is 63.2 Å². The molecule has 4 aliphatic carbocycles. The molecular weight excluding hydrogens is 288 g/mol. The second-order valence-corrected chi connectivity index (χ2v) is 8.65. The summed E-state index contributed by atoms with van der Waals surface area (Å²) in [6, 6.07) is -0.342. The molecule has 5 rings (SSSR count). The van der Waals surface area contributed by atoms with Crippen LogP contribution in [-0.2, 0) is 9.59 Å². The van der Waals surface area contributed by atoms with E-state index < -0.39 is 0 Å². The lowest BCUT2D eigenvalue weighted by Crippen LogP contribution is -2.61. The summed E-state index contributed by atoms with van der Waals surface area (Å²) in [5.41, 5.74) is -0.302. The summed E-state index contributed by atoms with van der Waals surface area (Å²) in [4.78, 5) is 24.6. The van der Waals surface area contributed by atoms with Gasteiger partial charge in [0.1, 0.15) is 6.04 Å². The fourth-order valence-corrected chi connectivity index (χ4v) is 6.33. The summed E-state index contributed by atoms with van der Waals surface area (Å²) >= 11 is 6.78. The fraction of sp³-hybridized carbons (Fsp3) is 0.875. The van der Waals surface area contributed by atoms with Crippen LogP contribution >= 0.6 is 11.6 Å². The van der Waals surface area contributed by atoms with E-state index in [1.54, 1.807) is 0 Å². The Balaban J connectivity index is 1.52. The first-order valence-corrected chi connectivity index (χ1v) is 8.64. The minimum Gasteiger partial charge on any atom is -0.354 e. The predicted molar refractivity (Wildman–Crippen MR) is 79.9 cm³/mol. The fourth-order valence-electron chi connectivity index (χ4n) is 5.64. The molecule has 1 saturated heterocycles. The van der Waals surface area contributed by atoms with Crippen molar-refractivity contribution in [1.82, 2.24) is 10.6 Å². The molecule has 0 radical (unpaired) electrons. The number of carbonyl (C=O) groups excluding carboxylic acids is 2. The van der Waals surface area contributed by atoms with E-state index >= 15 is 0 Å². The molecule has 0 aromatic rings. The third kappa shape index (κ3) is 2.26. The molecule has 1 heterocycles. The largest absolute Gasteiger partial charge is 0.354 e. The zero-order valence-corrected chi connectivity index (χ0v) is 13.0. The number of nitrogens with one attached hydrogen (secondary N) is 2. The maximum Gasteiger partial charge on any atom is 0.242 e. The van der Waals surface area contributed by atoms with Crippen molar-refractivity contribution in [3.05, 3.63) is 0 Å². The van der Waals surface area contributed by atoms with Gasteiger partial charge >= 0.3 is 0 Å². The number of carbonyl (C=O) groups is 2. The van der Waals surface area contributed by atoms with Gasteiger partial charge in [0, 0.05) is 11.4 Å². The maximum atomic E-state index is 12.9. The number of piperidine rings is 1. The molecule has 5 aliphatic rings. The monoisotopic (exact) mass is 310 g/mol. The molecule has 2 amide bonds. The number of hydrogen-bond acceptors (Lipinski definition) is 2. The lowest BCUT2D eigenvalue weighted by molar-refractivity contribution is -0.147. The van der Waals surface area contributed by atoms with E-state index in [1.807, 2.05) is 0 Å². The lowest BCUT2D eigenvalue weighted by atomic mass is 9.49. The molecule has 1 aliphatic heterocycles. The molecule has 0 aromatic carbocycles. The Hall–Kier alpha value is -0.770. The van der Waals surface area contributed by atoms with E-state index in [1.165, 1.54) is 6.42 Å². The average Bonchev–Trinajstić information content (AvgIpc) is 2.38. The highest BCUT2D eigenvalue weighted by Crippen LogP contribution is 2.63. The minimum atomic E-state index is -0.342. The van der Waals surface area contributed by atoms with Crippen LogP contribution in [0, 0.1) is 17.3 Å². The lowest BCUT2D eigenvalue weighted by Gasteiger charge is -2.59. The maximum absolute atomic E-state index is 12.9. The van der Waals surface area contributed by atoms with Crippen molar-refractivity contribution in [3.8, 4) is 0 Å². The Morgan fingerprint density at radius 2 is 1.95 bits per heavy atom. The number of hydrogen-bond donors (Lipinski definition) is 2. The zero-order chi connectivity index (χ0) is 14.7. The van der Waals surface area contributed by atoms with E-state index in [0.29, 0.717) is 11.8 Å². The molecule has 3 atom stereocenters. The molecule has 5 fully saturated rings. The van der Waals surface area contributed by atoms with Crippen molar-refractivity contribution in [2.75, 3.05) is 6.54 Å². The minimum absolute atomic E-state index is 0.0279. The van der Waals surface area contributed by atoms with Crippen LogP contribution in [0.5, 0.6) is 0 Å². The summed E-state index contributed by atoms with van der Waals surface area (Å²) in [5, 5.41) is 5.87. The first kappa shape index (κ1) is 13.9. The van der Waals surface area contributed by atoms with Crippen LogP contribution in [0.3, 0.4) is 0 Å². The van der Waals surface area contributed by atoms with Crippen LogP contribution in [0.25, 0.3) is 0 Å². The SMILES string of the molecule is O=C1NCCC[C@H]1NC(=O)C12C[C@H]3C[C@@H](CC(Cl)(C3)C1)C2. The number of halogens is 1. The summed E-state index contributed by atoms with van der Waals surface area (Å²) in [7, 11) is 0. The summed E-state index contributed by atoms with van der Waals surface area (Å²) in [6.45, 7) is 0.727. The molecule has 21 heavy (non-hydrogen) atoms. The van der Waals surface area contributed by atoms with Crippen LogP contribution in [0.2, 0.25) is 0 Å². The van der Waals surface area contributed by atoms with Gasteiger partial charge in [-0.3, -0.25) is 9.59 Å². The molecule has 4 bridgehead atoms. The summed E-state index contributed by atoms with van der Waals surface area (Å²) < 4.78 is 0. The van der Waals surface area contributed by atoms with Crippen molar-refractivity contribution in [1.29, 1.82) is 0 Å². The van der Waals surface area contributed by atoms with Gasteiger partial charge in [-0.15, -0.1) is 11.6 Å². The smallest absolute Gasteiger partial charge is 0.242 e. The van der Waals surface area contributed by atoms with E-state index in [2.05, 4.69) is 10.6 Å². The van der Waals surface area contributed by atoms with Crippen LogP contribution in [0.4, 0.5) is 0 Å². The van der Waals surface area contributed by atoms with Crippen molar-refractivity contribution >= 4 is 23.4 Å². The highest BCUT2D eigenvalue weighted by molar-refractivity contribution is 6.24. The van der Waals surface area contributed by atoms with Gasteiger partial charge in [-0.2, -0.15) is 0 Å². The topological polar surface area (TPSA) is 58.2 Å².